The predicted octanol–water partition coefficient (Wildman–Crippen LogP) is 1.87. The van der Waals surface area contributed by atoms with Gasteiger partial charge >= 0.3 is 0 Å². The molecule has 0 aliphatic heterocycles. The van der Waals surface area contributed by atoms with E-state index in [0.717, 1.165) is 18.8 Å². The van der Waals surface area contributed by atoms with Crippen molar-refractivity contribution >= 4 is 5.91 Å². The quantitative estimate of drug-likeness (QED) is 0.764. The summed E-state index contributed by atoms with van der Waals surface area (Å²) < 4.78 is 5.58. The molecular formula is C15H26N2O3. The summed E-state index contributed by atoms with van der Waals surface area (Å²) in [4.78, 5) is 14.2. The number of furan rings is 1. The molecule has 2 N–H and O–H groups in total. The molecule has 0 saturated heterocycles. The molecule has 0 saturated carbocycles. The van der Waals surface area contributed by atoms with Gasteiger partial charge in [-0.2, -0.15) is 0 Å². The third-order valence-electron chi connectivity index (χ3n) is 3.66. The molecule has 0 bridgehead atoms. The Bertz CT molecular complexity index is 413. The van der Waals surface area contributed by atoms with E-state index in [0.29, 0.717) is 12.3 Å². The molecule has 5 nitrogen and oxygen atoms in total. The summed E-state index contributed by atoms with van der Waals surface area (Å²) in [6, 6.07) is 3.45. The average Bonchev–Trinajstić information content (AvgIpc) is 2.92. The van der Waals surface area contributed by atoms with Gasteiger partial charge in [-0.15, -0.1) is 0 Å². The normalized spacial score (nSPS) is 14.3. The summed E-state index contributed by atoms with van der Waals surface area (Å²) in [7, 11) is 0. The van der Waals surface area contributed by atoms with Crippen LogP contribution in [0.2, 0.25) is 0 Å². The van der Waals surface area contributed by atoms with Gasteiger partial charge in [0, 0.05) is 12.6 Å². The average molecular weight is 282 g/mol. The SMILES string of the molecule is CCN(CC)Cc1ccc(C(=O)NC(C)C(C)CO)o1. The lowest BCUT2D eigenvalue weighted by Gasteiger charge is -2.18. The standard InChI is InChI=1S/C15H26N2O3/c1-5-17(6-2)9-13-7-8-14(20-13)15(19)16-12(4)11(3)10-18/h7-8,11-12,18H,5-6,9-10H2,1-4H3,(H,16,19). The molecule has 20 heavy (non-hydrogen) atoms. The van der Waals surface area contributed by atoms with E-state index in [1.807, 2.05) is 19.9 Å². The zero-order valence-corrected chi connectivity index (χ0v) is 12.8. The summed E-state index contributed by atoms with van der Waals surface area (Å²) in [5.41, 5.74) is 0. The van der Waals surface area contributed by atoms with Crippen molar-refractivity contribution in [3.63, 3.8) is 0 Å². The smallest absolute Gasteiger partial charge is 0.287 e. The number of carbonyl (C=O) groups is 1. The summed E-state index contributed by atoms with van der Waals surface area (Å²) in [5.74, 6) is 0.901. The third-order valence-corrected chi connectivity index (χ3v) is 3.66. The third kappa shape index (κ3) is 4.65. The van der Waals surface area contributed by atoms with Crippen LogP contribution in [0.1, 0.15) is 44.0 Å². The highest BCUT2D eigenvalue weighted by Crippen LogP contribution is 2.11. The first-order chi connectivity index (χ1) is 9.51. The van der Waals surface area contributed by atoms with Gasteiger partial charge in [-0.3, -0.25) is 9.69 Å². The lowest BCUT2D eigenvalue weighted by atomic mass is 10.1. The minimum atomic E-state index is -0.233. The molecule has 1 aromatic rings. The van der Waals surface area contributed by atoms with Gasteiger partial charge < -0.3 is 14.8 Å². The fraction of sp³-hybridized carbons (Fsp3) is 0.667. The Kier molecular flexibility index (Phi) is 6.75. The van der Waals surface area contributed by atoms with Crippen molar-refractivity contribution in [3.8, 4) is 0 Å². The van der Waals surface area contributed by atoms with Crippen LogP contribution in [-0.2, 0) is 6.54 Å². The van der Waals surface area contributed by atoms with Crippen LogP contribution in [0.25, 0.3) is 0 Å². The number of aliphatic hydroxyl groups is 1. The minimum Gasteiger partial charge on any atom is -0.455 e. The zero-order valence-electron chi connectivity index (χ0n) is 12.8. The maximum absolute atomic E-state index is 12.0. The Morgan fingerprint density at radius 3 is 2.55 bits per heavy atom. The second-order valence-corrected chi connectivity index (χ2v) is 5.15. The van der Waals surface area contributed by atoms with Crippen molar-refractivity contribution in [1.29, 1.82) is 0 Å². The van der Waals surface area contributed by atoms with Gasteiger partial charge in [0.25, 0.3) is 5.91 Å². The molecule has 2 atom stereocenters. The number of aliphatic hydroxyl groups excluding tert-OH is 1. The summed E-state index contributed by atoms with van der Waals surface area (Å²) in [6.07, 6.45) is 0. The molecule has 5 heteroatoms. The van der Waals surface area contributed by atoms with E-state index < -0.39 is 0 Å². The van der Waals surface area contributed by atoms with Crippen LogP contribution in [-0.4, -0.2) is 41.7 Å². The van der Waals surface area contributed by atoms with Gasteiger partial charge in [0.1, 0.15) is 5.76 Å². The van der Waals surface area contributed by atoms with Gasteiger partial charge in [-0.25, -0.2) is 0 Å². The summed E-state index contributed by atoms with van der Waals surface area (Å²) in [6.45, 7) is 10.6. The van der Waals surface area contributed by atoms with E-state index in [1.165, 1.54) is 0 Å². The van der Waals surface area contributed by atoms with E-state index in [1.54, 1.807) is 6.07 Å². The van der Waals surface area contributed by atoms with Crippen molar-refractivity contribution in [1.82, 2.24) is 10.2 Å². The molecule has 0 aromatic carbocycles. The Balaban J connectivity index is 2.60. The Hall–Kier alpha value is -1.33. The predicted molar refractivity (Wildman–Crippen MR) is 78.5 cm³/mol. The monoisotopic (exact) mass is 282 g/mol. The van der Waals surface area contributed by atoms with Crippen LogP contribution in [0, 0.1) is 5.92 Å². The Labute approximate surface area is 121 Å². The first kappa shape index (κ1) is 16.7. The molecule has 114 valence electrons. The molecule has 0 spiro atoms. The first-order valence-corrected chi connectivity index (χ1v) is 7.24. The van der Waals surface area contributed by atoms with Crippen LogP contribution in [0.15, 0.2) is 16.5 Å². The second kappa shape index (κ2) is 8.07. The van der Waals surface area contributed by atoms with Crippen LogP contribution >= 0.6 is 0 Å². The van der Waals surface area contributed by atoms with Crippen LogP contribution in [0.3, 0.4) is 0 Å². The molecule has 1 amide bonds. The lowest BCUT2D eigenvalue weighted by Crippen LogP contribution is -2.38. The molecule has 0 radical (unpaired) electrons. The van der Waals surface area contributed by atoms with Crippen molar-refractivity contribution in [2.45, 2.75) is 40.3 Å². The summed E-state index contributed by atoms with van der Waals surface area (Å²) >= 11 is 0. The minimum absolute atomic E-state index is 0.0176. The van der Waals surface area contributed by atoms with E-state index >= 15 is 0 Å². The van der Waals surface area contributed by atoms with Crippen molar-refractivity contribution in [2.24, 2.45) is 5.92 Å². The van der Waals surface area contributed by atoms with Crippen LogP contribution in [0.4, 0.5) is 0 Å². The molecule has 1 rings (SSSR count). The topological polar surface area (TPSA) is 65.7 Å². The number of nitrogens with one attached hydrogen (secondary N) is 1. The Morgan fingerprint density at radius 1 is 1.35 bits per heavy atom. The number of amides is 1. The van der Waals surface area contributed by atoms with Gasteiger partial charge in [-0.1, -0.05) is 20.8 Å². The molecule has 2 unspecified atom stereocenters. The number of rotatable bonds is 8. The number of hydrogen-bond acceptors (Lipinski definition) is 4. The van der Waals surface area contributed by atoms with E-state index in [4.69, 9.17) is 9.52 Å². The van der Waals surface area contributed by atoms with Crippen LogP contribution < -0.4 is 5.32 Å². The highest BCUT2D eigenvalue weighted by molar-refractivity contribution is 5.91. The van der Waals surface area contributed by atoms with Crippen molar-refractivity contribution < 1.29 is 14.3 Å². The number of hydrogen-bond donors (Lipinski definition) is 2. The lowest BCUT2D eigenvalue weighted by molar-refractivity contribution is 0.0884. The largest absolute Gasteiger partial charge is 0.455 e. The van der Waals surface area contributed by atoms with E-state index in [-0.39, 0.29) is 24.5 Å². The molecule has 1 aromatic heterocycles. The fourth-order valence-electron chi connectivity index (χ4n) is 1.83. The van der Waals surface area contributed by atoms with Gasteiger partial charge in [0.15, 0.2) is 5.76 Å². The molecule has 1 heterocycles. The molecule has 0 aliphatic rings. The zero-order chi connectivity index (χ0) is 15.1. The Morgan fingerprint density at radius 2 is 2.00 bits per heavy atom. The maximum Gasteiger partial charge on any atom is 0.287 e. The highest BCUT2D eigenvalue weighted by Gasteiger charge is 2.18. The highest BCUT2D eigenvalue weighted by atomic mass is 16.4. The van der Waals surface area contributed by atoms with Gasteiger partial charge in [0.05, 0.1) is 6.54 Å². The van der Waals surface area contributed by atoms with Gasteiger partial charge in [0.2, 0.25) is 0 Å². The molecule has 0 aliphatic carbocycles. The maximum atomic E-state index is 12.0. The van der Waals surface area contributed by atoms with Crippen molar-refractivity contribution in [3.05, 3.63) is 23.7 Å². The second-order valence-electron chi connectivity index (χ2n) is 5.15. The molecular weight excluding hydrogens is 256 g/mol. The summed E-state index contributed by atoms with van der Waals surface area (Å²) in [5, 5.41) is 11.9. The van der Waals surface area contributed by atoms with E-state index in [2.05, 4.69) is 24.1 Å². The fourth-order valence-corrected chi connectivity index (χ4v) is 1.83. The first-order valence-electron chi connectivity index (χ1n) is 7.24. The van der Waals surface area contributed by atoms with Crippen molar-refractivity contribution in [2.75, 3.05) is 19.7 Å². The van der Waals surface area contributed by atoms with Crippen LogP contribution in [0.5, 0.6) is 0 Å². The van der Waals surface area contributed by atoms with E-state index in [9.17, 15) is 4.79 Å². The number of nitrogens with zero attached hydrogens (tertiary/aromatic N) is 1. The molecule has 0 fully saturated rings. The number of carbonyl (C=O) groups excluding carboxylic acids is 1. The van der Waals surface area contributed by atoms with Gasteiger partial charge in [-0.05, 0) is 38.1 Å².